The molecule has 2 aliphatic heterocycles. The molecular formula is C13H19N3O. The summed E-state index contributed by atoms with van der Waals surface area (Å²) in [7, 11) is 0. The predicted molar refractivity (Wildman–Crippen MR) is 64.5 cm³/mol. The van der Waals surface area contributed by atoms with Crippen molar-refractivity contribution < 1.29 is 4.79 Å². The van der Waals surface area contributed by atoms with Crippen LogP contribution in [0.15, 0.2) is 12.5 Å². The molecule has 17 heavy (non-hydrogen) atoms. The van der Waals surface area contributed by atoms with Crippen LogP contribution in [0.2, 0.25) is 0 Å². The largest absolute Gasteiger partial charge is 0.342 e. The van der Waals surface area contributed by atoms with Crippen LogP contribution >= 0.6 is 0 Å². The van der Waals surface area contributed by atoms with E-state index in [0.29, 0.717) is 5.91 Å². The molecule has 0 bridgehead atoms. The Morgan fingerprint density at radius 3 is 2.94 bits per heavy atom. The van der Waals surface area contributed by atoms with Crippen LogP contribution in [-0.2, 0) is 17.8 Å². The molecular weight excluding hydrogens is 214 g/mol. The quantitative estimate of drug-likeness (QED) is 0.736. The third kappa shape index (κ3) is 2.08. The summed E-state index contributed by atoms with van der Waals surface area (Å²) in [6, 6.07) is 0. The van der Waals surface area contributed by atoms with Gasteiger partial charge in [-0.1, -0.05) is 0 Å². The number of aryl methyl sites for hydroxylation is 1. The Hall–Kier alpha value is -1.32. The second kappa shape index (κ2) is 4.51. The number of nitrogens with zero attached hydrogens (tertiary/aromatic N) is 3. The molecule has 1 amide bonds. The number of hydrogen-bond acceptors (Lipinski definition) is 2. The van der Waals surface area contributed by atoms with Crippen molar-refractivity contribution in [3.63, 3.8) is 0 Å². The van der Waals surface area contributed by atoms with E-state index in [1.165, 1.54) is 25.0 Å². The number of fused-ring (bicyclic) bond motifs is 1. The average molecular weight is 233 g/mol. The van der Waals surface area contributed by atoms with Crippen LogP contribution in [0.5, 0.6) is 0 Å². The Morgan fingerprint density at radius 2 is 2.12 bits per heavy atom. The van der Waals surface area contributed by atoms with Crippen LogP contribution in [0.25, 0.3) is 0 Å². The topological polar surface area (TPSA) is 38.1 Å². The minimum Gasteiger partial charge on any atom is -0.342 e. The number of aromatic nitrogens is 2. The molecule has 0 spiro atoms. The van der Waals surface area contributed by atoms with Gasteiger partial charge < -0.3 is 9.47 Å². The number of carbonyl (C=O) groups excluding carboxylic acids is 1. The first-order chi connectivity index (χ1) is 8.34. The van der Waals surface area contributed by atoms with Gasteiger partial charge in [-0.15, -0.1) is 0 Å². The van der Waals surface area contributed by atoms with Gasteiger partial charge in [0.1, 0.15) is 0 Å². The Kier molecular flexibility index (Phi) is 2.87. The first-order valence-corrected chi connectivity index (χ1v) is 6.62. The minimum atomic E-state index is 0.176. The van der Waals surface area contributed by atoms with Crippen molar-refractivity contribution in [1.82, 2.24) is 14.5 Å². The summed E-state index contributed by atoms with van der Waals surface area (Å²) in [5, 5.41) is 0. The van der Waals surface area contributed by atoms with Gasteiger partial charge in [-0.05, 0) is 32.1 Å². The smallest absolute Gasteiger partial charge is 0.227 e. The van der Waals surface area contributed by atoms with E-state index in [1.807, 2.05) is 12.5 Å². The van der Waals surface area contributed by atoms with Gasteiger partial charge in [-0.2, -0.15) is 0 Å². The van der Waals surface area contributed by atoms with Gasteiger partial charge in [0.25, 0.3) is 0 Å². The normalized spacial score (nSPS) is 24.5. The summed E-state index contributed by atoms with van der Waals surface area (Å²) in [6.45, 7) is 2.75. The number of carbonyl (C=O) groups is 1. The molecule has 92 valence electrons. The molecule has 3 heterocycles. The molecule has 0 N–H and O–H groups in total. The monoisotopic (exact) mass is 233 g/mol. The van der Waals surface area contributed by atoms with E-state index in [4.69, 9.17) is 0 Å². The Balaban J connectivity index is 1.67. The summed E-state index contributed by atoms with van der Waals surface area (Å²) in [4.78, 5) is 18.6. The first kappa shape index (κ1) is 10.8. The van der Waals surface area contributed by atoms with Gasteiger partial charge >= 0.3 is 0 Å². The summed E-state index contributed by atoms with van der Waals surface area (Å²) in [6.07, 6.45) is 9.38. The highest BCUT2D eigenvalue weighted by atomic mass is 16.2. The SMILES string of the molecule is O=C(C1CCc2cncn2C1)N1CCCCC1. The average Bonchev–Trinajstić information content (AvgIpc) is 2.86. The second-order valence-electron chi connectivity index (χ2n) is 5.16. The third-order valence-corrected chi connectivity index (χ3v) is 3.98. The molecule has 3 rings (SSSR count). The molecule has 4 heteroatoms. The maximum Gasteiger partial charge on any atom is 0.227 e. The van der Waals surface area contributed by atoms with E-state index < -0.39 is 0 Å². The van der Waals surface area contributed by atoms with Crippen LogP contribution in [0, 0.1) is 5.92 Å². The van der Waals surface area contributed by atoms with Crippen molar-refractivity contribution >= 4 is 5.91 Å². The van der Waals surface area contributed by atoms with Crippen molar-refractivity contribution in [2.75, 3.05) is 13.1 Å². The maximum atomic E-state index is 12.4. The third-order valence-electron chi connectivity index (χ3n) is 3.98. The van der Waals surface area contributed by atoms with Gasteiger partial charge in [-0.25, -0.2) is 4.98 Å². The molecule has 1 fully saturated rings. The molecule has 1 aromatic rings. The Bertz CT molecular complexity index is 407. The zero-order valence-corrected chi connectivity index (χ0v) is 10.1. The molecule has 1 aromatic heterocycles. The highest BCUT2D eigenvalue weighted by Gasteiger charge is 2.28. The van der Waals surface area contributed by atoms with E-state index in [0.717, 1.165) is 32.5 Å². The fourth-order valence-electron chi connectivity index (χ4n) is 2.95. The van der Waals surface area contributed by atoms with Gasteiger partial charge in [0.2, 0.25) is 5.91 Å². The number of piperidine rings is 1. The molecule has 0 radical (unpaired) electrons. The van der Waals surface area contributed by atoms with Crippen LogP contribution < -0.4 is 0 Å². The first-order valence-electron chi connectivity index (χ1n) is 6.62. The highest BCUT2D eigenvalue weighted by molar-refractivity contribution is 5.79. The highest BCUT2D eigenvalue weighted by Crippen LogP contribution is 2.22. The molecule has 2 aliphatic rings. The van der Waals surface area contributed by atoms with Crippen LogP contribution in [0.1, 0.15) is 31.4 Å². The molecule has 0 aliphatic carbocycles. The van der Waals surface area contributed by atoms with E-state index in [2.05, 4.69) is 14.5 Å². The van der Waals surface area contributed by atoms with Gasteiger partial charge in [-0.3, -0.25) is 4.79 Å². The number of imidazole rings is 1. The number of rotatable bonds is 1. The fraction of sp³-hybridized carbons (Fsp3) is 0.692. The zero-order chi connectivity index (χ0) is 11.7. The van der Waals surface area contributed by atoms with Crippen molar-refractivity contribution in [3.8, 4) is 0 Å². The van der Waals surface area contributed by atoms with Crippen molar-refractivity contribution in [2.24, 2.45) is 5.92 Å². The Labute approximate surface area is 102 Å². The fourth-order valence-corrected chi connectivity index (χ4v) is 2.95. The van der Waals surface area contributed by atoms with Gasteiger partial charge in [0.05, 0.1) is 12.2 Å². The minimum absolute atomic E-state index is 0.176. The molecule has 1 unspecified atom stereocenters. The van der Waals surface area contributed by atoms with Gasteiger partial charge in [0.15, 0.2) is 0 Å². The lowest BCUT2D eigenvalue weighted by Gasteiger charge is -2.32. The lowest BCUT2D eigenvalue weighted by atomic mass is 9.96. The van der Waals surface area contributed by atoms with Crippen molar-refractivity contribution in [1.29, 1.82) is 0 Å². The van der Waals surface area contributed by atoms with Crippen molar-refractivity contribution in [3.05, 3.63) is 18.2 Å². The lowest BCUT2D eigenvalue weighted by molar-refractivity contribution is -0.137. The summed E-state index contributed by atoms with van der Waals surface area (Å²) >= 11 is 0. The van der Waals surface area contributed by atoms with Gasteiger partial charge in [0, 0.05) is 31.5 Å². The van der Waals surface area contributed by atoms with E-state index in [9.17, 15) is 4.79 Å². The number of amides is 1. The standard InChI is InChI=1S/C13H19N3O/c17-13(15-6-2-1-3-7-15)11-4-5-12-8-14-10-16(12)9-11/h8,10-11H,1-7,9H2. The van der Waals surface area contributed by atoms with E-state index in [-0.39, 0.29) is 5.92 Å². The van der Waals surface area contributed by atoms with Crippen LogP contribution in [0.3, 0.4) is 0 Å². The van der Waals surface area contributed by atoms with E-state index in [1.54, 1.807) is 0 Å². The summed E-state index contributed by atoms with van der Waals surface area (Å²) in [5.74, 6) is 0.541. The molecule has 1 atom stereocenters. The number of likely N-dealkylation sites (tertiary alicyclic amines) is 1. The molecule has 0 saturated carbocycles. The number of hydrogen-bond donors (Lipinski definition) is 0. The van der Waals surface area contributed by atoms with Crippen LogP contribution in [-0.4, -0.2) is 33.4 Å². The molecule has 4 nitrogen and oxygen atoms in total. The lowest BCUT2D eigenvalue weighted by Crippen LogP contribution is -2.42. The molecule has 1 saturated heterocycles. The second-order valence-corrected chi connectivity index (χ2v) is 5.16. The van der Waals surface area contributed by atoms with Crippen LogP contribution in [0.4, 0.5) is 0 Å². The Morgan fingerprint density at radius 1 is 1.29 bits per heavy atom. The van der Waals surface area contributed by atoms with Crippen molar-refractivity contribution in [2.45, 2.75) is 38.6 Å². The predicted octanol–water partition coefficient (Wildman–Crippen LogP) is 1.46. The maximum absolute atomic E-state index is 12.4. The summed E-state index contributed by atoms with van der Waals surface area (Å²) in [5.41, 5.74) is 1.27. The van der Waals surface area contributed by atoms with E-state index >= 15 is 0 Å². The summed E-state index contributed by atoms with van der Waals surface area (Å²) < 4.78 is 2.13. The molecule has 0 aromatic carbocycles. The zero-order valence-electron chi connectivity index (χ0n) is 10.1.